The van der Waals surface area contributed by atoms with Gasteiger partial charge in [0.15, 0.2) is 0 Å². The summed E-state index contributed by atoms with van der Waals surface area (Å²) in [5.41, 5.74) is 2.83. The van der Waals surface area contributed by atoms with Crippen molar-refractivity contribution in [2.45, 2.75) is 33.5 Å². The minimum absolute atomic E-state index is 0.185. The fraction of sp³-hybridized carbons (Fsp3) is 0.417. The lowest BCUT2D eigenvalue weighted by Crippen LogP contribution is -2.29. The van der Waals surface area contributed by atoms with Crippen LogP contribution in [-0.2, 0) is 4.43 Å². The van der Waals surface area contributed by atoms with Crippen molar-refractivity contribution in [3.8, 4) is 0 Å². The predicted molar refractivity (Wildman–Crippen MR) is 64.7 cm³/mol. The number of carbonyl (C=O) groups excluding carboxylic acids is 1. The summed E-state index contributed by atoms with van der Waals surface area (Å²) in [7, 11) is -1.79. The standard InChI is InChI=1S/C12H18O2Si/c1-9-7-6-8-11(10(9)2)12(13)14-15(3,4)5/h6-8H,1-5H3. The van der Waals surface area contributed by atoms with E-state index in [0.29, 0.717) is 5.56 Å². The van der Waals surface area contributed by atoms with Crippen molar-refractivity contribution in [3.05, 3.63) is 34.9 Å². The summed E-state index contributed by atoms with van der Waals surface area (Å²) in [5, 5.41) is 0. The Kier molecular flexibility index (Phi) is 3.34. The Morgan fingerprint density at radius 1 is 1.20 bits per heavy atom. The Bertz CT molecular complexity index is 378. The summed E-state index contributed by atoms with van der Waals surface area (Å²) in [6.07, 6.45) is 0. The molecule has 1 aromatic carbocycles. The van der Waals surface area contributed by atoms with Crippen LogP contribution < -0.4 is 0 Å². The lowest BCUT2D eigenvalue weighted by atomic mass is 10.0. The highest BCUT2D eigenvalue weighted by atomic mass is 28.4. The Balaban J connectivity index is 2.97. The van der Waals surface area contributed by atoms with Crippen LogP contribution >= 0.6 is 0 Å². The van der Waals surface area contributed by atoms with Gasteiger partial charge in [0, 0.05) is 0 Å². The monoisotopic (exact) mass is 222 g/mol. The van der Waals surface area contributed by atoms with E-state index in [2.05, 4.69) is 0 Å². The summed E-state index contributed by atoms with van der Waals surface area (Å²) in [6.45, 7) is 9.98. The zero-order valence-corrected chi connectivity index (χ0v) is 11.0. The van der Waals surface area contributed by atoms with Crippen LogP contribution in [0.2, 0.25) is 19.6 Å². The van der Waals surface area contributed by atoms with Crippen LogP contribution in [0.3, 0.4) is 0 Å². The second-order valence-electron chi connectivity index (χ2n) is 4.75. The van der Waals surface area contributed by atoms with Gasteiger partial charge in [0.25, 0.3) is 0 Å². The van der Waals surface area contributed by atoms with E-state index < -0.39 is 8.32 Å². The number of aryl methyl sites for hydroxylation is 1. The second kappa shape index (κ2) is 4.19. The molecule has 2 nitrogen and oxygen atoms in total. The normalized spacial score (nSPS) is 11.3. The van der Waals surface area contributed by atoms with Crippen LogP contribution in [0.5, 0.6) is 0 Å². The van der Waals surface area contributed by atoms with Crippen LogP contribution in [0.1, 0.15) is 21.5 Å². The third kappa shape index (κ3) is 3.20. The molecule has 0 fully saturated rings. The molecule has 0 unspecified atom stereocenters. The molecule has 0 amide bonds. The number of benzene rings is 1. The maximum absolute atomic E-state index is 11.8. The maximum atomic E-state index is 11.8. The van der Waals surface area contributed by atoms with E-state index in [-0.39, 0.29) is 5.97 Å². The highest BCUT2D eigenvalue weighted by Gasteiger charge is 2.22. The van der Waals surface area contributed by atoms with Crippen molar-refractivity contribution in [2.75, 3.05) is 0 Å². The van der Waals surface area contributed by atoms with E-state index in [1.54, 1.807) is 0 Å². The van der Waals surface area contributed by atoms with Crippen molar-refractivity contribution in [1.29, 1.82) is 0 Å². The van der Waals surface area contributed by atoms with Gasteiger partial charge in [0.05, 0.1) is 5.56 Å². The molecule has 0 radical (unpaired) electrons. The molecule has 15 heavy (non-hydrogen) atoms. The van der Waals surface area contributed by atoms with Gasteiger partial charge in [-0.15, -0.1) is 0 Å². The molecular weight excluding hydrogens is 204 g/mol. The van der Waals surface area contributed by atoms with Gasteiger partial charge in [0.1, 0.15) is 0 Å². The van der Waals surface area contributed by atoms with Gasteiger partial charge >= 0.3 is 5.97 Å². The molecule has 0 atom stereocenters. The smallest absolute Gasteiger partial charge is 0.325 e. The SMILES string of the molecule is Cc1cccc(C(=O)O[Si](C)(C)C)c1C. The predicted octanol–water partition coefficient (Wildman–Crippen LogP) is 3.30. The minimum Gasteiger partial charge on any atom is -0.516 e. The molecule has 0 aromatic heterocycles. The van der Waals surface area contributed by atoms with E-state index in [4.69, 9.17) is 4.43 Å². The van der Waals surface area contributed by atoms with Gasteiger partial charge in [-0.1, -0.05) is 12.1 Å². The Labute approximate surface area is 92.4 Å². The van der Waals surface area contributed by atoms with Crippen LogP contribution in [0.25, 0.3) is 0 Å². The molecule has 0 heterocycles. The van der Waals surface area contributed by atoms with E-state index in [9.17, 15) is 4.79 Å². The van der Waals surface area contributed by atoms with Crippen molar-refractivity contribution >= 4 is 14.3 Å². The summed E-state index contributed by atoms with van der Waals surface area (Å²) in [4.78, 5) is 11.8. The Morgan fingerprint density at radius 3 is 2.33 bits per heavy atom. The number of carbonyl (C=O) groups is 1. The van der Waals surface area contributed by atoms with Gasteiger partial charge in [-0.05, 0) is 50.7 Å². The Hall–Kier alpha value is -1.09. The average Bonchev–Trinajstić information content (AvgIpc) is 2.06. The first-order valence-electron chi connectivity index (χ1n) is 5.11. The maximum Gasteiger partial charge on any atom is 0.325 e. The zero-order valence-electron chi connectivity index (χ0n) is 10.0. The van der Waals surface area contributed by atoms with Crippen molar-refractivity contribution in [3.63, 3.8) is 0 Å². The third-order valence-electron chi connectivity index (χ3n) is 2.22. The highest BCUT2D eigenvalue weighted by molar-refractivity contribution is 6.71. The summed E-state index contributed by atoms with van der Waals surface area (Å²) >= 11 is 0. The molecule has 1 aromatic rings. The molecule has 82 valence electrons. The average molecular weight is 222 g/mol. The van der Waals surface area contributed by atoms with E-state index >= 15 is 0 Å². The third-order valence-corrected chi connectivity index (χ3v) is 3.02. The summed E-state index contributed by atoms with van der Waals surface area (Å²) in [6, 6.07) is 5.72. The molecule has 0 aliphatic rings. The Morgan fingerprint density at radius 2 is 1.80 bits per heavy atom. The van der Waals surface area contributed by atoms with Gasteiger partial charge in [-0.25, -0.2) is 4.79 Å². The molecule has 0 saturated carbocycles. The van der Waals surface area contributed by atoms with Crippen LogP contribution in [0, 0.1) is 13.8 Å². The molecule has 0 N–H and O–H groups in total. The topological polar surface area (TPSA) is 26.3 Å². The first kappa shape index (κ1) is 12.0. The van der Waals surface area contributed by atoms with Crippen LogP contribution in [0.4, 0.5) is 0 Å². The first-order chi connectivity index (χ1) is 6.81. The lowest BCUT2D eigenvalue weighted by Gasteiger charge is -2.18. The fourth-order valence-corrected chi connectivity index (χ4v) is 1.97. The van der Waals surface area contributed by atoms with Crippen LogP contribution in [0.15, 0.2) is 18.2 Å². The fourth-order valence-electron chi connectivity index (χ4n) is 1.31. The number of hydrogen-bond donors (Lipinski definition) is 0. The highest BCUT2D eigenvalue weighted by Crippen LogP contribution is 2.16. The van der Waals surface area contributed by atoms with Crippen molar-refractivity contribution in [2.24, 2.45) is 0 Å². The largest absolute Gasteiger partial charge is 0.516 e. The molecule has 0 aliphatic carbocycles. The number of rotatable bonds is 2. The molecule has 0 aliphatic heterocycles. The molecule has 1 rings (SSSR count). The van der Waals surface area contributed by atoms with Crippen molar-refractivity contribution in [1.82, 2.24) is 0 Å². The summed E-state index contributed by atoms with van der Waals surface area (Å²) < 4.78 is 5.46. The van der Waals surface area contributed by atoms with E-state index in [1.807, 2.05) is 51.7 Å². The van der Waals surface area contributed by atoms with Gasteiger partial charge < -0.3 is 4.43 Å². The van der Waals surface area contributed by atoms with E-state index in [1.165, 1.54) is 0 Å². The zero-order chi connectivity index (χ0) is 11.6. The molecular formula is C12H18O2Si. The quantitative estimate of drug-likeness (QED) is 0.718. The minimum atomic E-state index is -1.79. The molecule has 0 bridgehead atoms. The van der Waals surface area contributed by atoms with Gasteiger partial charge in [-0.2, -0.15) is 0 Å². The van der Waals surface area contributed by atoms with Crippen molar-refractivity contribution < 1.29 is 9.22 Å². The van der Waals surface area contributed by atoms with E-state index in [0.717, 1.165) is 11.1 Å². The molecule has 0 saturated heterocycles. The molecule has 3 heteroatoms. The van der Waals surface area contributed by atoms with Gasteiger partial charge in [-0.3, -0.25) is 0 Å². The van der Waals surface area contributed by atoms with Crippen LogP contribution in [-0.4, -0.2) is 14.3 Å². The lowest BCUT2D eigenvalue weighted by molar-refractivity contribution is 0.0724. The van der Waals surface area contributed by atoms with Gasteiger partial charge in [0.2, 0.25) is 8.32 Å². The second-order valence-corrected chi connectivity index (χ2v) is 9.18. The summed E-state index contributed by atoms with van der Waals surface area (Å²) in [5.74, 6) is -0.185. The molecule has 0 spiro atoms. The first-order valence-corrected chi connectivity index (χ1v) is 8.51. The number of hydrogen-bond acceptors (Lipinski definition) is 2.